The van der Waals surface area contributed by atoms with Crippen molar-refractivity contribution in [2.24, 2.45) is 0 Å². The molecule has 2 atom stereocenters. The van der Waals surface area contributed by atoms with Crippen LogP contribution in [-0.2, 0) is 11.3 Å². The molecule has 2 unspecified atom stereocenters. The zero-order chi connectivity index (χ0) is 27.8. The average Bonchev–Trinajstić information content (AvgIpc) is 3.26. The average molecular weight is 526 g/mol. The smallest absolute Gasteiger partial charge is 0.305 e. The van der Waals surface area contributed by atoms with Crippen molar-refractivity contribution in [1.82, 2.24) is 15.1 Å². The fourth-order valence-corrected chi connectivity index (χ4v) is 3.97. The quantitative estimate of drug-likeness (QED) is 0.283. The number of ether oxygens (including phenoxy) is 1. The largest absolute Gasteiger partial charge is 0.497 e. The minimum absolute atomic E-state index is 0.152. The van der Waals surface area contributed by atoms with Gasteiger partial charge in [-0.3, -0.25) is 9.59 Å². The number of benzene rings is 2. The van der Waals surface area contributed by atoms with Crippen molar-refractivity contribution in [2.45, 2.75) is 51.4 Å². The Balaban J connectivity index is 1.95. The first-order valence-electron chi connectivity index (χ1n) is 12.1. The number of hydrogen-bond acceptors (Lipinski definition) is 6. The number of carbonyl (C=O) groups is 2. The molecule has 0 bridgehead atoms. The number of rotatable bonds is 12. The van der Waals surface area contributed by atoms with Gasteiger partial charge in [-0.15, -0.1) is 0 Å². The molecule has 0 aliphatic rings. The highest BCUT2D eigenvalue weighted by Crippen LogP contribution is 2.28. The first kappa shape index (κ1) is 28.5. The van der Waals surface area contributed by atoms with E-state index in [4.69, 9.17) is 9.84 Å². The van der Waals surface area contributed by atoms with E-state index in [1.54, 1.807) is 25.3 Å². The van der Waals surface area contributed by atoms with Gasteiger partial charge in [0.25, 0.3) is 5.91 Å². The van der Waals surface area contributed by atoms with Crippen LogP contribution in [0.5, 0.6) is 5.75 Å². The van der Waals surface area contributed by atoms with Crippen LogP contribution in [0.1, 0.15) is 59.9 Å². The fourth-order valence-electron chi connectivity index (χ4n) is 3.97. The Bertz CT molecular complexity index is 1270. The molecule has 0 spiro atoms. The van der Waals surface area contributed by atoms with Crippen molar-refractivity contribution in [2.75, 3.05) is 7.11 Å². The lowest BCUT2D eigenvalue weighted by Gasteiger charge is -2.12. The summed E-state index contributed by atoms with van der Waals surface area (Å²) in [5, 5.41) is 36.5. The molecule has 9 nitrogen and oxygen atoms in total. The summed E-state index contributed by atoms with van der Waals surface area (Å²) in [6.45, 7) is 4.06. The van der Waals surface area contributed by atoms with Crippen molar-refractivity contribution in [3.63, 3.8) is 0 Å². The molecule has 1 aromatic heterocycles. The Labute approximate surface area is 220 Å². The minimum Gasteiger partial charge on any atom is -0.497 e. The molecule has 38 heavy (non-hydrogen) atoms. The van der Waals surface area contributed by atoms with Gasteiger partial charge >= 0.3 is 5.97 Å². The van der Waals surface area contributed by atoms with Gasteiger partial charge in [-0.25, -0.2) is 9.07 Å². The first-order chi connectivity index (χ1) is 18.1. The van der Waals surface area contributed by atoms with Crippen molar-refractivity contribution in [1.29, 1.82) is 0 Å². The van der Waals surface area contributed by atoms with Crippen LogP contribution in [0, 0.1) is 5.82 Å². The van der Waals surface area contributed by atoms with Crippen LogP contribution in [-0.4, -0.2) is 56.3 Å². The molecule has 1 heterocycles. The number of hydrogen-bond donors (Lipinski definition) is 4. The molecule has 0 aliphatic carbocycles. The molecule has 10 heteroatoms. The maximum absolute atomic E-state index is 13.6. The highest BCUT2D eigenvalue weighted by molar-refractivity contribution is 5.95. The Hall–Kier alpha value is -4.02. The normalized spacial score (nSPS) is 13.0. The van der Waals surface area contributed by atoms with Gasteiger partial charge in [0.1, 0.15) is 11.6 Å². The maximum atomic E-state index is 13.6. The topological polar surface area (TPSA) is 134 Å². The summed E-state index contributed by atoms with van der Waals surface area (Å²) in [5.74, 6) is -1.45. The zero-order valence-corrected chi connectivity index (χ0v) is 21.5. The summed E-state index contributed by atoms with van der Waals surface area (Å²) >= 11 is 0. The Morgan fingerprint density at radius 1 is 1.11 bits per heavy atom. The van der Waals surface area contributed by atoms with Gasteiger partial charge in [-0.05, 0) is 54.0 Å². The Morgan fingerprint density at radius 2 is 1.76 bits per heavy atom. The lowest BCUT2D eigenvalue weighted by atomic mass is 9.98. The number of nitrogens with zero attached hydrogens (tertiary/aromatic N) is 2. The molecule has 0 fully saturated rings. The van der Waals surface area contributed by atoms with E-state index in [1.165, 1.54) is 35.0 Å². The summed E-state index contributed by atoms with van der Waals surface area (Å²) in [7, 11) is 1.57. The van der Waals surface area contributed by atoms with Crippen molar-refractivity contribution >= 4 is 18.0 Å². The summed E-state index contributed by atoms with van der Waals surface area (Å²) < 4.78 is 20.3. The van der Waals surface area contributed by atoms with Gasteiger partial charge < -0.3 is 25.4 Å². The van der Waals surface area contributed by atoms with E-state index in [2.05, 4.69) is 10.4 Å². The number of aliphatic hydroxyl groups is 2. The number of carboxylic acid groups (broad SMARTS) is 1. The number of carbonyl (C=O) groups excluding carboxylic acids is 1. The van der Waals surface area contributed by atoms with Crippen molar-refractivity contribution in [3.05, 3.63) is 82.9 Å². The van der Waals surface area contributed by atoms with Crippen LogP contribution in [0.3, 0.4) is 0 Å². The Morgan fingerprint density at radius 3 is 2.34 bits per heavy atom. The van der Waals surface area contributed by atoms with Crippen LogP contribution < -0.4 is 10.1 Å². The molecule has 2 aromatic carbocycles. The number of halogens is 1. The van der Waals surface area contributed by atoms with Gasteiger partial charge in [-0.1, -0.05) is 32.1 Å². The predicted molar refractivity (Wildman–Crippen MR) is 140 cm³/mol. The summed E-state index contributed by atoms with van der Waals surface area (Å²) in [5.41, 5.74) is 2.65. The van der Waals surface area contributed by atoms with Gasteiger partial charge in [0.2, 0.25) is 0 Å². The molecule has 3 rings (SSSR count). The van der Waals surface area contributed by atoms with Gasteiger partial charge in [0, 0.05) is 18.5 Å². The molecule has 4 N–H and O–H groups in total. The van der Waals surface area contributed by atoms with E-state index in [-0.39, 0.29) is 24.6 Å². The number of methoxy groups -OCH3 is 1. The predicted octanol–water partition coefficient (Wildman–Crippen LogP) is 3.67. The standard InChI is InChI=1S/C28H32FN3O6/c1-17(2)26-24(13-10-21(33)14-22(34)15-25(35)36)32(20-8-6-19(29)7-9-20)31-27(26)28(37)30-16-18-4-11-23(38-3)12-5-18/h4-13,17,21-22,33-34H,14-16H2,1-3H3,(H,30,37)(H,35,36)/b13-10+. The molecule has 0 saturated heterocycles. The number of amides is 1. The van der Waals surface area contributed by atoms with E-state index < -0.39 is 36.3 Å². The molecule has 0 saturated carbocycles. The van der Waals surface area contributed by atoms with Crippen LogP contribution in [0.15, 0.2) is 54.6 Å². The lowest BCUT2D eigenvalue weighted by Crippen LogP contribution is -2.24. The third-order valence-electron chi connectivity index (χ3n) is 5.84. The fraction of sp³-hybridized carbons (Fsp3) is 0.321. The lowest BCUT2D eigenvalue weighted by molar-refractivity contribution is -0.139. The second kappa shape index (κ2) is 13.0. The van der Waals surface area contributed by atoms with Crippen molar-refractivity contribution in [3.8, 4) is 11.4 Å². The number of carboxylic acids is 1. The third-order valence-corrected chi connectivity index (χ3v) is 5.84. The number of nitrogens with one attached hydrogen (secondary N) is 1. The summed E-state index contributed by atoms with van der Waals surface area (Å²) in [6.07, 6.45) is -0.0587. The van der Waals surface area contributed by atoms with Crippen molar-refractivity contribution < 1.29 is 34.0 Å². The molecule has 3 aromatic rings. The van der Waals surface area contributed by atoms with Gasteiger partial charge in [0.05, 0.1) is 37.1 Å². The third kappa shape index (κ3) is 7.50. The van der Waals surface area contributed by atoms with E-state index in [0.717, 1.165) is 5.56 Å². The molecule has 202 valence electrons. The second-order valence-electron chi connectivity index (χ2n) is 9.14. The first-order valence-corrected chi connectivity index (χ1v) is 12.1. The minimum atomic E-state index is -1.22. The Kier molecular flexibility index (Phi) is 9.75. The molecule has 0 radical (unpaired) electrons. The zero-order valence-electron chi connectivity index (χ0n) is 21.5. The monoisotopic (exact) mass is 525 g/mol. The van der Waals surface area contributed by atoms with Crippen LogP contribution in [0.25, 0.3) is 11.8 Å². The summed E-state index contributed by atoms with van der Waals surface area (Å²) in [6, 6.07) is 12.9. The molecule has 0 aliphatic heterocycles. The van der Waals surface area contributed by atoms with Crippen LogP contribution in [0.4, 0.5) is 4.39 Å². The SMILES string of the molecule is COc1ccc(CNC(=O)c2nn(-c3ccc(F)cc3)c(/C=C/C(O)CC(O)CC(=O)O)c2C(C)C)cc1. The maximum Gasteiger partial charge on any atom is 0.305 e. The van der Waals surface area contributed by atoms with Crippen LogP contribution >= 0.6 is 0 Å². The van der Waals surface area contributed by atoms with Gasteiger partial charge in [0.15, 0.2) is 5.69 Å². The number of aliphatic carboxylic acids is 1. The molecule has 1 amide bonds. The number of aliphatic hydroxyl groups excluding tert-OH is 2. The molecular weight excluding hydrogens is 493 g/mol. The molecular formula is C28H32FN3O6. The number of aromatic nitrogens is 2. The highest BCUT2D eigenvalue weighted by atomic mass is 19.1. The van der Waals surface area contributed by atoms with Gasteiger partial charge in [-0.2, -0.15) is 5.10 Å². The van der Waals surface area contributed by atoms with E-state index in [9.17, 15) is 24.2 Å². The highest BCUT2D eigenvalue weighted by Gasteiger charge is 2.25. The van der Waals surface area contributed by atoms with E-state index in [1.807, 2.05) is 26.0 Å². The summed E-state index contributed by atoms with van der Waals surface area (Å²) in [4.78, 5) is 24.1. The second-order valence-corrected chi connectivity index (χ2v) is 9.14. The van der Waals surface area contributed by atoms with Crippen LogP contribution in [0.2, 0.25) is 0 Å². The van der Waals surface area contributed by atoms with E-state index in [0.29, 0.717) is 22.7 Å². The van der Waals surface area contributed by atoms with E-state index >= 15 is 0 Å².